The van der Waals surface area contributed by atoms with Gasteiger partial charge >= 0.3 is 0 Å². The third-order valence-corrected chi connectivity index (χ3v) is 4.91. The number of amides is 1. The number of carbonyl (C=O) groups excluding carboxylic acids is 1. The molecule has 6 nitrogen and oxygen atoms in total. The number of rotatable bonds is 5. The van der Waals surface area contributed by atoms with E-state index < -0.39 is 0 Å². The van der Waals surface area contributed by atoms with Gasteiger partial charge in [0, 0.05) is 44.8 Å². The molecule has 2 aromatic carbocycles. The monoisotopic (exact) mass is 371 g/mol. The molecule has 27 heavy (non-hydrogen) atoms. The fraction of sp³-hybridized carbons (Fsp3) is 0.350. The molecule has 1 N–H and O–H groups in total. The Balaban J connectivity index is 1.22. The Morgan fingerprint density at radius 2 is 1.81 bits per heavy atom. The van der Waals surface area contributed by atoms with Crippen molar-refractivity contribution in [1.82, 2.24) is 10.2 Å². The second-order valence-electron chi connectivity index (χ2n) is 6.60. The van der Waals surface area contributed by atoms with Crippen molar-refractivity contribution in [1.29, 1.82) is 0 Å². The molecule has 0 aromatic heterocycles. The van der Waals surface area contributed by atoms with Crippen LogP contribution in [-0.2, 0) is 0 Å². The van der Waals surface area contributed by atoms with Crippen LogP contribution in [0.1, 0.15) is 10.4 Å². The number of nitrogens with zero attached hydrogens (tertiary/aromatic N) is 2. The summed E-state index contributed by atoms with van der Waals surface area (Å²) in [7, 11) is 0. The van der Waals surface area contributed by atoms with E-state index in [1.165, 1.54) is 6.07 Å². The van der Waals surface area contributed by atoms with Crippen LogP contribution in [0.2, 0.25) is 0 Å². The summed E-state index contributed by atoms with van der Waals surface area (Å²) in [6.07, 6.45) is 0. The van der Waals surface area contributed by atoms with E-state index in [1.807, 2.05) is 12.1 Å². The van der Waals surface area contributed by atoms with Crippen molar-refractivity contribution < 1.29 is 18.7 Å². The normalized spacial score (nSPS) is 16.4. The number of para-hydroxylation sites is 1. The summed E-state index contributed by atoms with van der Waals surface area (Å²) in [6.45, 7) is 4.75. The van der Waals surface area contributed by atoms with Gasteiger partial charge in [-0.2, -0.15) is 0 Å². The van der Waals surface area contributed by atoms with Crippen LogP contribution >= 0.6 is 0 Å². The highest BCUT2D eigenvalue weighted by molar-refractivity contribution is 5.94. The molecule has 1 saturated heterocycles. The molecule has 0 atom stereocenters. The SMILES string of the molecule is O=C(NCCN1CCN(c2ccccc2F)CC1)c1ccc2c(c1)OCO2. The van der Waals surface area contributed by atoms with Crippen LogP contribution in [0, 0.1) is 5.82 Å². The summed E-state index contributed by atoms with van der Waals surface area (Å²) in [6, 6.07) is 12.1. The zero-order valence-electron chi connectivity index (χ0n) is 15.0. The minimum Gasteiger partial charge on any atom is -0.454 e. The van der Waals surface area contributed by atoms with E-state index in [1.54, 1.807) is 24.3 Å². The molecule has 0 spiro atoms. The van der Waals surface area contributed by atoms with Crippen molar-refractivity contribution in [2.75, 3.05) is 51.0 Å². The molecule has 2 aliphatic heterocycles. The number of fused-ring (bicyclic) bond motifs is 1. The first-order chi connectivity index (χ1) is 13.2. The molecule has 7 heteroatoms. The lowest BCUT2D eigenvalue weighted by molar-refractivity contribution is 0.0947. The lowest BCUT2D eigenvalue weighted by atomic mass is 10.2. The van der Waals surface area contributed by atoms with Crippen LogP contribution in [0.4, 0.5) is 10.1 Å². The molecule has 0 unspecified atom stereocenters. The zero-order valence-corrected chi connectivity index (χ0v) is 15.0. The average molecular weight is 371 g/mol. The highest BCUT2D eigenvalue weighted by Gasteiger charge is 2.20. The third-order valence-electron chi connectivity index (χ3n) is 4.91. The molecule has 2 heterocycles. The Hall–Kier alpha value is -2.80. The number of hydrogen-bond donors (Lipinski definition) is 1. The third kappa shape index (κ3) is 3.98. The Morgan fingerprint density at radius 1 is 1.04 bits per heavy atom. The van der Waals surface area contributed by atoms with E-state index in [4.69, 9.17) is 9.47 Å². The van der Waals surface area contributed by atoms with E-state index >= 15 is 0 Å². The largest absolute Gasteiger partial charge is 0.454 e. The maximum absolute atomic E-state index is 13.9. The van der Waals surface area contributed by atoms with Crippen LogP contribution in [0.25, 0.3) is 0 Å². The van der Waals surface area contributed by atoms with Crippen LogP contribution in [0.15, 0.2) is 42.5 Å². The molecule has 1 amide bonds. The Kier molecular flexibility index (Phi) is 5.11. The van der Waals surface area contributed by atoms with Gasteiger partial charge in [0.15, 0.2) is 11.5 Å². The van der Waals surface area contributed by atoms with Crippen molar-refractivity contribution in [3.05, 3.63) is 53.8 Å². The highest BCUT2D eigenvalue weighted by Crippen LogP contribution is 2.32. The molecule has 0 bridgehead atoms. The van der Waals surface area contributed by atoms with Crippen LogP contribution in [0.3, 0.4) is 0 Å². The first-order valence-corrected chi connectivity index (χ1v) is 9.10. The smallest absolute Gasteiger partial charge is 0.251 e. The molecule has 142 valence electrons. The van der Waals surface area contributed by atoms with Gasteiger partial charge in [-0.1, -0.05) is 12.1 Å². The second kappa shape index (κ2) is 7.84. The number of nitrogens with one attached hydrogen (secondary N) is 1. The minimum absolute atomic E-state index is 0.127. The second-order valence-corrected chi connectivity index (χ2v) is 6.60. The zero-order chi connectivity index (χ0) is 18.6. The summed E-state index contributed by atoms with van der Waals surface area (Å²) in [5.74, 6) is 0.964. The lowest BCUT2D eigenvalue weighted by Gasteiger charge is -2.36. The fourth-order valence-electron chi connectivity index (χ4n) is 3.39. The van der Waals surface area contributed by atoms with Gasteiger partial charge in [0.1, 0.15) is 5.82 Å². The molecular weight excluding hydrogens is 349 g/mol. The number of carbonyl (C=O) groups is 1. The Bertz CT molecular complexity index is 822. The van der Waals surface area contributed by atoms with Gasteiger partial charge in [-0.25, -0.2) is 4.39 Å². The number of hydrogen-bond acceptors (Lipinski definition) is 5. The van der Waals surface area contributed by atoms with E-state index in [0.717, 1.165) is 32.7 Å². The highest BCUT2D eigenvalue weighted by atomic mass is 19.1. The van der Waals surface area contributed by atoms with Crippen molar-refractivity contribution in [3.8, 4) is 11.5 Å². The standard InChI is InChI=1S/C20H22FN3O3/c21-16-3-1-2-4-17(16)24-11-9-23(10-12-24)8-7-22-20(25)15-5-6-18-19(13-15)27-14-26-18/h1-6,13H,7-12,14H2,(H,22,25). The van der Waals surface area contributed by atoms with E-state index in [-0.39, 0.29) is 18.5 Å². The first kappa shape index (κ1) is 17.6. The van der Waals surface area contributed by atoms with Gasteiger partial charge in [0.25, 0.3) is 5.91 Å². The topological polar surface area (TPSA) is 54.0 Å². The molecule has 0 aliphatic carbocycles. The van der Waals surface area contributed by atoms with Crippen LogP contribution in [0.5, 0.6) is 11.5 Å². The van der Waals surface area contributed by atoms with Gasteiger partial charge in [-0.15, -0.1) is 0 Å². The number of anilines is 1. The minimum atomic E-state index is -0.179. The number of halogens is 1. The molecule has 2 aromatic rings. The quantitative estimate of drug-likeness (QED) is 0.873. The van der Waals surface area contributed by atoms with E-state index in [0.29, 0.717) is 29.3 Å². The van der Waals surface area contributed by atoms with E-state index in [9.17, 15) is 9.18 Å². The molecule has 4 rings (SSSR count). The molecular formula is C20H22FN3O3. The molecule has 1 fully saturated rings. The summed E-state index contributed by atoms with van der Waals surface area (Å²) in [4.78, 5) is 16.6. The predicted octanol–water partition coefficient (Wildman–Crippen LogP) is 2.11. The van der Waals surface area contributed by atoms with Crippen LogP contribution in [-0.4, -0.2) is 56.9 Å². The molecule has 0 saturated carbocycles. The van der Waals surface area contributed by atoms with Gasteiger partial charge in [-0.3, -0.25) is 9.69 Å². The summed E-state index contributed by atoms with van der Waals surface area (Å²) in [5, 5.41) is 2.94. The van der Waals surface area contributed by atoms with Crippen molar-refractivity contribution in [2.45, 2.75) is 0 Å². The predicted molar refractivity (Wildman–Crippen MR) is 100.0 cm³/mol. The Morgan fingerprint density at radius 3 is 2.63 bits per heavy atom. The van der Waals surface area contributed by atoms with Crippen LogP contribution < -0.4 is 19.7 Å². The lowest BCUT2D eigenvalue weighted by Crippen LogP contribution is -2.48. The number of benzene rings is 2. The summed E-state index contributed by atoms with van der Waals surface area (Å²) in [5.41, 5.74) is 1.22. The van der Waals surface area contributed by atoms with Crippen molar-refractivity contribution >= 4 is 11.6 Å². The van der Waals surface area contributed by atoms with E-state index in [2.05, 4.69) is 15.1 Å². The molecule has 0 radical (unpaired) electrons. The fourth-order valence-corrected chi connectivity index (χ4v) is 3.39. The number of piperazine rings is 1. The van der Waals surface area contributed by atoms with Crippen molar-refractivity contribution in [3.63, 3.8) is 0 Å². The van der Waals surface area contributed by atoms with Gasteiger partial charge in [0.2, 0.25) is 6.79 Å². The van der Waals surface area contributed by atoms with Gasteiger partial charge < -0.3 is 19.7 Å². The summed E-state index contributed by atoms with van der Waals surface area (Å²) < 4.78 is 24.4. The first-order valence-electron chi connectivity index (χ1n) is 9.10. The summed E-state index contributed by atoms with van der Waals surface area (Å²) >= 11 is 0. The van der Waals surface area contributed by atoms with Gasteiger partial charge in [0.05, 0.1) is 5.69 Å². The number of ether oxygens (including phenoxy) is 2. The molecule has 2 aliphatic rings. The maximum Gasteiger partial charge on any atom is 0.251 e. The van der Waals surface area contributed by atoms with Gasteiger partial charge in [-0.05, 0) is 30.3 Å². The average Bonchev–Trinajstić information content (AvgIpc) is 3.17. The van der Waals surface area contributed by atoms with Crippen molar-refractivity contribution in [2.24, 2.45) is 0 Å². The maximum atomic E-state index is 13.9. The Labute approximate surface area is 157 Å².